The van der Waals surface area contributed by atoms with Gasteiger partial charge < -0.3 is 14.4 Å². The second kappa shape index (κ2) is 5.00. The van der Waals surface area contributed by atoms with Crippen LogP contribution in [0.2, 0.25) is 0 Å². The average molecular weight is 271 g/mol. The number of carbonyl (C=O) groups is 2. The number of carbonyl (C=O) groups excluding carboxylic acids is 2. The summed E-state index contributed by atoms with van der Waals surface area (Å²) < 4.78 is 1.98. The van der Waals surface area contributed by atoms with Crippen molar-refractivity contribution in [1.82, 2.24) is 14.4 Å². The Kier molecular flexibility index (Phi) is 3.18. The molecule has 3 rings (SSSR count). The highest BCUT2D eigenvalue weighted by Gasteiger charge is 2.23. The lowest BCUT2D eigenvalue weighted by molar-refractivity contribution is -0.119. The number of nitrogens with zero attached hydrogens (tertiary/aromatic N) is 3. The normalized spacial score (nSPS) is 15.7. The van der Waals surface area contributed by atoms with Crippen LogP contribution in [0.4, 0.5) is 0 Å². The number of para-hydroxylation sites is 1. The summed E-state index contributed by atoms with van der Waals surface area (Å²) in [6, 6.07) is 7.91. The maximum Gasteiger partial charge on any atom is 0.256 e. The molecule has 1 aromatic heterocycles. The van der Waals surface area contributed by atoms with Gasteiger partial charge in [-0.2, -0.15) is 0 Å². The minimum atomic E-state index is 0.0485. The lowest BCUT2D eigenvalue weighted by Gasteiger charge is -2.32. The molecule has 0 atom stereocenters. The second-order valence-electron chi connectivity index (χ2n) is 5.10. The first-order valence-corrected chi connectivity index (χ1v) is 6.73. The minimum absolute atomic E-state index is 0.0485. The predicted molar refractivity (Wildman–Crippen MR) is 76.5 cm³/mol. The molecule has 0 N–H and O–H groups in total. The van der Waals surface area contributed by atoms with E-state index in [-0.39, 0.29) is 5.91 Å². The summed E-state index contributed by atoms with van der Waals surface area (Å²) in [5.74, 6) is 0.0485. The average Bonchev–Trinajstić information content (AvgIpc) is 2.84. The van der Waals surface area contributed by atoms with E-state index in [0.29, 0.717) is 26.2 Å². The van der Waals surface area contributed by atoms with Gasteiger partial charge in [0.2, 0.25) is 6.41 Å². The second-order valence-corrected chi connectivity index (χ2v) is 5.10. The molecule has 5 heteroatoms. The van der Waals surface area contributed by atoms with E-state index in [1.54, 1.807) is 4.90 Å². The molecule has 1 aliphatic heterocycles. The van der Waals surface area contributed by atoms with Crippen LogP contribution in [-0.4, -0.2) is 52.9 Å². The van der Waals surface area contributed by atoms with Crippen LogP contribution in [0, 0.1) is 0 Å². The Balaban J connectivity index is 1.88. The standard InChI is InChI=1S/C15H17N3O2/c1-16-10-13(12-4-2-3-5-14(12)16)15(20)18-8-6-17(11-19)7-9-18/h2-5,10-11H,6-9H2,1H3. The molecule has 5 nitrogen and oxygen atoms in total. The van der Waals surface area contributed by atoms with Gasteiger partial charge in [-0.05, 0) is 6.07 Å². The van der Waals surface area contributed by atoms with E-state index >= 15 is 0 Å². The van der Waals surface area contributed by atoms with Crippen molar-refractivity contribution in [2.24, 2.45) is 7.05 Å². The molecular formula is C15H17N3O2. The van der Waals surface area contributed by atoms with Gasteiger partial charge in [0.15, 0.2) is 0 Å². The molecule has 20 heavy (non-hydrogen) atoms. The number of benzene rings is 1. The predicted octanol–water partition coefficient (Wildman–Crippen LogP) is 1.09. The third-order valence-electron chi connectivity index (χ3n) is 3.88. The number of hydrogen-bond donors (Lipinski definition) is 0. The summed E-state index contributed by atoms with van der Waals surface area (Å²) in [4.78, 5) is 26.9. The minimum Gasteiger partial charge on any atom is -0.350 e. The molecular weight excluding hydrogens is 254 g/mol. The van der Waals surface area contributed by atoms with Crippen LogP contribution in [0.5, 0.6) is 0 Å². The first-order chi connectivity index (χ1) is 9.70. The molecule has 2 aromatic rings. The highest BCUT2D eigenvalue weighted by Crippen LogP contribution is 2.22. The van der Waals surface area contributed by atoms with Gasteiger partial charge >= 0.3 is 0 Å². The Morgan fingerprint density at radius 1 is 1.15 bits per heavy atom. The van der Waals surface area contributed by atoms with E-state index in [4.69, 9.17) is 0 Å². The molecule has 0 aliphatic carbocycles. The first-order valence-electron chi connectivity index (χ1n) is 6.73. The van der Waals surface area contributed by atoms with Crippen molar-refractivity contribution in [3.05, 3.63) is 36.0 Å². The Labute approximate surface area is 117 Å². The molecule has 2 amide bonds. The maximum atomic E-state index is 12.6. The van der Waals surface area contributed by atoms with Crippen molar-refractivity contribution < 1.29 is 9.59 Å². The number of piperazine rings is 1. The van der Waals surface area contributed by atoms with Crippen LogP contribution in [0.25, 0.3) is 10.9 Å². The quantitative estimate of drug-likeness (QED) is 0.768. The summed E-state index contributed by atoms with van der Waals surface area (Å²) >= 11 is 0. The van der Waals surface area contributed by atoms with Crippen LogP contribution in [0.15, 0.2) is 30.5 Å². The fraction of sp³-hybridized carbons (Fsp3) is 0.333. The van der Waals surface area contributed by atoms with E-state index in [9.17, 15) is 9.59 Å². The number of aryl methyl sites for hydroxylation is 1. The molecule has 1 aliphatic rings. The molecule has 1 saturated heterocycles. The van der Waals surface area contributed by atoms with Gasteiger partial charge in [0.05, 0.1) is 5.56 Å². The third kappa shape index (κ3) is 2.05. The molecule has 0 bridgehead atoms. The number of fused-ring (bicyclic) bond motifs is 1. The fourth-order valence-corrected chi connectivity index (χ4v) is 2.71. The van der Waals surface area contributed by atoms with E-state index in [2.05, 4.69) is 0 Å². The van der Waals surface area contributed by atoms with E-state index in [1.807, 2.05) is 47.0 Å². The molecule has 0 radical (unpaired) electrons. The summed E-state index contributed by atoms with van der Waals surface area (Å²) in [7, 11) is 1.95. The Bertz CT molecular complexity index is 654. The van der Waals surface area contributed by atoms with E-state index in [1.165, 1.54) is 0 Å². The van der Waals surface area contributed by atoms with Gasteiger partial charge in [0.25, 0.3) is 5.91 Å². The third-order valence-corrected chi connectivity index (χ3v) is 3.88. The van der Waals surface area contributed by atoms with Gasteiger partial charge in [-0.3, -0.25) is 9.59 Å². The summed E-state index contributed by atoms with van der Waals surface area (Å²) in [5.41, 5.74) is 1.80. The van der Waals surface area contributed by atoms with Crippen molar-refractivity contribution in [3.63, 3.8) is 0 Å². The van der Waals surface area contributed by atoms with Crippen LogP contribution in [0.1, 0.15) is 10.4 Å². The van der Waals surface area contributed by atoms with Gasteiger partial charge in [-0.25, -0.2) is 0 Å². The molecule has 0 spiro atoms. The monoisotopic (exact) mass is 271 g/mol. The number of rotatable bonds is 2. The van der Waals surface area contributed by atoms with Crippen LogP contribution < -0.4 is 0 Å². The van der Waals surface area contributed by atoms with Gasteiger partial charge in [-0.15, -0.1) is 0 Å². The Hall–Kier alpha value is -2.30. The molecule has 0 unspecified atom stereocenters. The van der Waals surface area contributed by atoms with Crippen molar-refractivity contribution in [1.29, 1.82) is 0 Å². The fourth-order valence-electron chi connectivity index (χ4n) is 2.71. The molecule has 0 saturated carbocycles. The highest BCUT2D eigenvalue weighted by atomic mass is 16.2. The first kappa shape index (κ1) is 12.7. The van der Waals surface area contributed by atoms with Crippen molar-refractivity contribution >= 4 is 23.2 Å². The largest absolute Gasteiger partial charge is 0.350 e. The van der Waals surface area contributed by atoms with Crippen LogP contribution >= 0.6 is 0 Å². The van der Waals surface area contributed by atoms with Gasteiger partial charge in [0.1, 0.15) is 0 Å². The Morgan fingerprint density at radius 3 is 2.55 bits per heavy atom. The van der Waals surface area contributed by atoms with E-state index in [0.717, 1.165) is 22.9 Å². The zero-order chi connectivity index (χ0) is 14.1. The number of aromatic nitrogens is 1. The van der Waals surface area contributed by atoms with Gasteiger partial charge in [0, 0.05) is 50.3 Å². The summed E-state index contributed by atoms with van der Waals surface area (Å²) in [6.07, 6.45) is 2.73. The van der Waals surface area contributed by atoms with Crippen molar-refractivity contribution in [3.8, 4) is 0 Å². The Morgan fingerprint density at radius 2 is 1.85 bits per heavy atom. The van der Waals surface area contributed by atoms with Crippen molar-refractivity contribution in [2.45, 2.75) is 0 Å². The zero-order valence-electron chi connectivity index (χ0n) is 11.5. The molecule has 1 aromatic carbocycles. The number of hydrogen-bond acceptors (Lipinski definition) is 2. The van der Waals surface area contributed by atoms with Gasteiger partial charge in [-0.1, -0.05) is 18.2 Å². The SMILES string of the molecule is Cn1cc(C(=O)N2CCN(C=O)CC2)c2ccccc21. The zero-order valence-corrected chi connectivity index (χ0v) is 11.5. The summed E-state index contributed by atoms with van der Waals surface area (Å²) in [5, 5.41) is 0.984. The molecule has 1 fully saturated rings. The maximum absolute atomic E-state index is 12.6. The highest BCUT2D eigenvalue weighted by molar-refractivity contribution is 6.07. The molecule has 2 heterocycles. The lowest BCUT2D eigenvalue weighted by atomic mass is 10.1. The number of amides is 2. The summed E-state index contributed by atoms with van der Waals surface area (Å²) in [6.45, 7) is 2.42. The topological polar surface area (TPSA) is 45.6 Å². The molecule has 104 valence electrons. The lowest BCUT2D eigenvalue weighted by Crippen LogP contribution is -2.48. The van der Waals surface area contributed by atoms with Crippen LogP contribution in [0.3, 0.4) is 0 Å². The van der Waals surface area contributed by atoms with Crippen LogP contribution in [-0.2, 0) is 11.8 Å². The van der Waals surface area contributed by atoms with E-state index < -0.39 is 0 Å². The van der Waals surface area contributed by atoms with Crippen molar-refractivity contribution in [2.75, 3.05) is 26.2 Å². The smallest absolute Gasteiger partial charge is 0.256 e.